The molecule has 164 valence electrons. The Morgan fingerprint density at radius 2 is 1.55 bits per heavy atom. The number of hydrogen-bond acceptors (Lipinski definition) is 4. The van der Waals surface area contributed by atoms with Crippen molar-refractivity contribution >= 4 is 27.5 Å². The summed E-state index contributed by atoms with van der Waals surface area (Å²) in [4.78, 5) is 27.5. The van der Waals surface area contributed by atoms with E-state index in [0.717, 1.165) is 25.9 Å². The quantitative estimate of drug-likeness (QED) is 0.773. The van der Waals surface area contributed by atoms with Gasteiger partial charge in [-0.15, -0.1) is 0 Å². The third-order valence-electron chi connectivity index (χ3n) is 5.98. The minimum atomic E-state index is -3.53. The smallest absolute Gasteiger partial charge is 0.253 e. The van der Waals surface area contributed by atoms with E-state index in [2.05, 4.69) is 5.32 Å². The molecule has 0 atom stereocenters. The van der Waals surface area contributed by atoms with E-state index in [1.807, 2.05) is 4.90 Å². The van der Waals surface area contributed by atoms with Gasteiger partial charge in [0.1, 0.15) is 0 Å². The fourth-order valence-electron chi connectivity index (χ4n) is 4.18. The summed E-state index contributed by atoms with van der Waals surface area (Å²) in [6, 6.07) is 15.4. The maximum absolute atomic E-state index is 12.8. The molecule has 2 amide bonds. The number of carbonyl (C=O) groups excluding carboxylic acids is 2. The molecule has 31 heavy (non-hydrogen) atoms. The number of anilines is 1. The van der Waals surface area contributed by atoms with Gasteiger partial charge < -0.3 is 10.2 Å². The minimum absolute atomic E-state index is 0.00646. The van der Waals surface area contributed by atoms with Gasteiger partial charge in [0.05, 0.1) is 4.90 Å². The third kappa shape index (κ3) is 4.80. The number of sulfonamides is 1. The summed E-state index contributed by atoms with van der Waals surface area (Å²) < 4.78 is 27.0. The van der Waals surface area contributed by atoms with Crippen molar-refractivity contribution in [3.05, 3.63) is 60.2 Å². The summed E-state index contributed by atoms with van der Waals surface area (Å²) in [6.45, 7) is 2.17. The van der Waals surface area contributed by atoms with Crippen molar-refractivity contribution in [1.82, 2.24) is 9.21 Å². The van der Waals surface area contributed by atoms with Gasteiger partial charge in [-0.25, -0.2) is 8.42 Å². The average Bonchev–Trinajstić information content (AvgIpc) is 3.34. The number of hydrogen-bond donors (Lipinski definition) is 1. The second kappa shape index (κ2) is 9.20. The van der Waals surface area contributed by atoms with Gasteiger partial charge in [0.2, 0.25) is 15.9 Å². The molecule has 2 aromatic rings. The van der Waals surface area contributed by atoms with Crippen molar-refractivity contribution < 1.29 is 18.0 Å². The number of piperidine rings is 1. The molecule has 0 bridgehead atoms. The second-order valence-electron chi connectivity index (χ2n) is 8.06. The van der Waals surface area contributed by atoms with E-state index in [1.165, 1.54) is 4.31 Å². The standard InChI is InChI=1S/C23H27N3O4S/c27-22(24-20-8-6-7-19(17-20)23(28)25-13-4-5-14-25)18-11-15-26(16-12-18)31(29,30)21-9-2-1-3-10-21/h1-3,6-10,17-18H,4-5,11-16H2,(H,24,27). The van der Waals surface area contributed by atoms with Crippen LogP contribution in [-0.2, 0) is 14.8 Å². The minimum Gasteiger partial charge on any atom is -0.339 e. The van der Waals surface area contributed by atoms with Crippen molar-refractivity contribution in [2.24, 2.45) is 5.92 Å². The van der Waals surface area contributed by atoms with E-state index in [4.69, 9.17) is 0 Å². The van der Waals surface area contributed by atoms with Gasteiger partial charge in [0.25, 0.3) is 5.91 Å². The topological polar surface area (TPSA) is 86.8 Å². The van der Waals surface area contributed by atoms with Crippen molar-refractivity contribution in [1.29, 1.82) is 0 Å². The Kier molecular flexibility index (Phi) is 6.38. The average molecular weight is 442 g/mol. The van der Waals surface area contributed by atoms with Gasteiger partial charge in [-0.3, -0.25) is 9.59 Å². The molecule has 4 rings (SSSR count). The number of nitrogens with zero attached hydrogens (tertiary/aromatic N) is 2. The van der Waals surface area contributed by atoms with Crippen LogP contribution < -0.4 is 5.32 Å². The van der Waals surface area contributed by atoms with Gasteiger partial charge in [0, 0.05) is 43.3 Å². The number of carbonyl (C=O) groups is 2. The molecule has 2 fully saturated rings. The first kappa shape index (κ1) is 21.5. The van der Waals surface area contributed by atoms with Gasteiger partial charge in [-0.05, 0) is 56.0 Å². The Hall–Kier alpha value is -2.71. The monoisotopic (exact) mass is 441 g/mol. The number of benzene rings is 2. The van der Waals surface area contributed by atoms with E-state index < -0.39 is 10.0 Å². The van der Waals surface area contributed by atoms with E-state index in [-0.39, 0.29) is 22.6 Å². The Bertz CT molecular complexity index is 1040. The molecular formula is C23H27N3O4S. The van der Waals surface area contributed by atoms with Crippen LogP contribution in [0.15, 0.2) is 59.5 Å². The second-order valence-corrected chi connectivity index (χ2v) is 10.00. The Balaban J connectivity index is 1.35. The van der Waals surface area contributed by atoms with E-state index in [0.29, 0.717) is 37.2 Å². The summed E-state index contributed by atoms with van der Waals surface area (Å²) in [5.41, 5.74) is 1.16. The van der Waals surface area contributed by atoms with E-state index in [1.54, 1.807) is 54.6 Å². The molecule has 0 spiro atoms. The molecule has 2 heterocycles. The normalized spacial score (nSPS) is 18.1. The molecule has 8 heteroatoms. The van der Waals surface area contributed by atoms with Crippen molar-refractivity contribution in [3.63, 3.8) is 0 Å². The molecule has 1 N–H and O–H groups in total. The Morgan fingerprint density at radius 3 is 2.23 bits per heavy atom. The third-order valence-corrected chi connectivity index (χ3v) is 7.89. The van der Waals surface area contributed by atoms with Crippen molar-refractivity contribution in [3.8, 4) is 0 Å². The maximum Gasteiger partial charge on any atom is 0.253 e. The Morgan fingerprint density at radius 1 is 0.871 bits per heavy atom. The number of rotatable bonds is 5. The number of nitrogens with one attached hydrogen (secondary N) is 1. The maximum atomic E-state index is 12.8. The van der Waals surface area contributed by atoms with Gasteiger partial charge >= 0.3 is 0 Å². The van der Waals surface area contributed by atoms with Crippen LogP contribution in [0, 0.1) is 5.92 Å². The van der Waals surface area contributed by atoms with Crippen LogP contribution in [0.3, 0.4) is 0 Å². The van der Waals surface area contributed by atoms with Gasteiger partial charge in [-0.2, -0.15) is 4.31 Å². The lowest BCUT2D eigenvalue weighted by Crippen LogP contribution is -2.41. The molecule has 0 saturated carbocycles. The zero-order chi connectivity index (χ0) is 21.8. The fraction of sp³-hybridized carbons (Fsp3) is 0.391. The SMILES string of the molecule is O=C(Nc1cccc(C(=O)N2CCCC2)c1)C1CCN(S(=O)(=O)c2ccccc2)CC1. The predicted molar refractivity (Wildman–Crippen MR) is 118 cm³/mol. The molecule has 0 aliphatic carbocycles. The summed E-state index contributed by atoms with van der Waals surface area (Å²) in [5, 5.41) is 2.91. The first-order valence-electron chi connectivity index (χ1n) is 10.7. The molecule has 2 aliphatic heterocycles. The van der Waals surface area contributed by atoms with Gasteiger partial charge in [0.15, 0.2) is 0 Å². The molecular weight excluding hydrogens is 414 g/mol. The lowest BCUT2D eigenvalue weighted by atomic mass is 9.97. The first-order chi connectivity index (χ1) is 14.9. The fourth-order valence-corrected chi connectivity index (χ4v) is 5.67. The highest BCUT2D eigenvalue weighted by molar-refractivity contribution is 7.89. The van der Waals surface area contributed by atoms with Crippen molar-refractivity contribution in [2.45, 2.75) is 30.6 Å². The highest BCUT2D eigenvalue weighted by Crippen LogP contribution is 2.25. The van der Waals surface area contributed by atoms with Crippen LogP contribution >= 0.6 is 0 Å². The molecule has 0 radical (unpaired) electrons. The molecule has 0 aromatic heterocycles. The lowest BCUT2D eigenvalue weighted by Gasteiger charge is -2.30. The first-order valence-corrected chi connectivity index (χ1v) is 12.1. The summed E-state index contributed by atoms with van der Waals surface area (Å²) in [5.74, 6) is -0.407. The molecule has 2 saturated heterocycles. The summed E-state index contributed by atoms with van der Waals surface area (Å²) >= 11 is 0. The van der Waals surface area contributed by atoms with Crippen LogP contribution in [0.25, 0.3) is 0 Å². The lowest BCUT2D eigenvalue weighted by molar-refractivity contribution is -0.120. The largest absolute Gasteiger partial charge is 0.339 e. The van der Waals surface area contributed by atoms with E-state index in [9.17, 15) is 18.0 Å². The highest BCUT2D eigenvalue weighted by atomic mass is 32.2. The van der Waals surface area contributed by atoms with E-state index >= 15 is 0 Å². The zero-order valence-electron chi connectivity index (χ0n) is 17.4. The van der Waals surface area contributed by atoms with Gasteiger partial charge in [-0.1, -0.05) is 24.3 Å². The predicted octanol–water partition coefficient (Wildman–Crippen LogP) is 2.96. The zero-order valence-corrected chi connectivity index (χ0v) is 18.2. The summed E-state index contributed by atoms with van der Waals surface area (Å²) in [6.07, 6.45) is 2.98. The van der Waals surface area contributed by atoms with Crippen LogP contribution in [0.5, 0.6) is 0 Å². The molecule has 2 aliphatic rings. The van der Waals surface area contributed by atoms with Crippen LogP contribution in [0.2, 0.25) is 0 Å². The molecule has 7 nitrogen and oxygen atoms in total. The van der Waals surface area contributed by atoms with Crippen molar-refractivity contribution in [2.75, 3.05) is 31.5 Å². The van der Waals surface area contributed by atoms with Crippen LogP contribution in [0.1, 0.15) is 36.0 Å². The Labute approximate surface area is 183 Å². The molecule has 0 unspecified atom stereocenters. The van der Waals surface area contributed by atoms with Crippen LogP contribution in [-0.4, -0.2) is 55.6 Å². The highest BCUT2D eigenvalue weighted by Gasteiger charge is 2.32. The summed E-state index contributed by atoms with van der Waals surface area (Å²) in [7, 11) is -3.53. The molecule has 2 aromatic carbocycles. The number of likely N-dealkylation sites (tertiary alicyclic amines) is 1. The number of amides is 2. The van der Waals surface area contributed by atoms with Crippen LogP contribution in [0.4, 0.5) is 5.69 Å².